The van der Waals surface area contributed by atoms with Crippen LogP contribution in [-0.4, -0.2) is 33.4 Å². The zero-order valence-corrected chi connectivity index (χ0v) is 13.3. The van der Waals surface area contributed by atoms with Gasteiger partial charge in [0.1, 0.15) is 0 Å². The van der Waals surface area contributed by atoms with Crippen molar-refractivity contribution in [2.75, 3.05) is 24.1 Å². The van der Waals surface area contributed by atoms with Crippen LogP contribution in [0.2, 0.25) is 0 Å². The number of nitrogens with two attached hydrogens (primary N) is 1. The van der Waals surface area contributed by atoms with Gasteiger partial charge in [0.25, 0.3) is 0 Å². The Balaban J connectivity index is 2.27. The molecule has 2 rings (SSSR count). The van der Waals surface area contributed by atoms with Crippen molar-refractivity contribution in [2.24, 2.45) is 5.73 Å². The van der Waals surface area contributed by atoms with Crippen molar-refractivity contribution in [1.82, 2.24) is 0 Å². The molecular formula is C15H24N2O3S. The van der Waals surface area contributed by atoms with Gasteiger partial charge in [0, 0.05) is 26.3 Å². The third-order valence-corrected chi connectivity index (χ3v) is 6.11. The molecular weight excluding hydrogens is 288 g/mol. The van der Waals surface area contributed by atoms with Crippen LogP contribution >= 0.6 is 0 Å². The molecule has 0 radical (unpaired) electrons. The fourth-order valence-electron chi connectivity index (χ4n) is 2.56. The second kappa shape index (κ2) is 7.24. The smallest absolute Gasteiger partial charge is 0.238 e. The summed E-state index contributed by atoms with van der Waals surface area (Å²) in [7, 11) is -3.34. The van der Waals surface area contributed by atoms with Crippen molar-refractivity contribution in [3.63, 3.8) is 0 Å². The molecule has 6 heteroatoms. The quantitative estimate of drug-likeness (QED) is 0.870. The summed E-state index contributed by atoms with van der Waals surface area (Å²) in [6.07, 6.45) is 1.92. The van der Waals surface area contributed by atoms with Gasteiger partial charge >= 0.3 is 0 Å². The summed E-state index contributed by atoms with van der Waals surface area (Å²) in [5.41, 5.74) is 7.31. The van der Waals surface area contributed by atoms with Crippen LogP contribution in [0.5, 0.6) is 0 Å². The number of hydrogen-bond donors (Lipinski definition) is 1. The lowest BCUT2D eigenvalue weighted by Gasteiger charge is -2.31. The van der Waals surface area contributed by atoms with E-state index in [1.165, 1.54) is 0 Å². The number of sulfonamides is 1. The summed E-state index contributed by atoms with van der Waals surface area (Å²) < 4.78 is 32.6. The Bertz CT molecular complexity index is 537. The lowest BCUT2D eigenvalue weighted by atomic mass is 10.2. The van der Waals surface area contributed by atoms with Gasteiger partial charge in [-0.2, -0.15) is 0 Å². The van der Waals surface area contributed by atoms with E-state index in [0.29, 0.717) is 39.1 Å². The first-order valence-electron chi connectivity index (χ1n) is 7.48. The summed E-state index contributed by atoms with van der Waals surface area (Å²) in [6, 6.07) is 7.46. The van der Waals surface area contributed by atoms with Crippen LogP contribution in [0.3, 0.4) is 0 Å². The van der Waals surface area contributed by atoms with Crippen LogP contribution in [0, 0.1) is 0 Å². The third kappa shape index (κ3) is 3.75. The third-order valence-electron chi connectivity index (χ3n) is 3.78. The van der Waals surface area contributed by atoms with Gasteiger partial charge < -0.3 is 10.5 Å². The Kier molecular flexibility index (Phi) is 5.61. The molecule has 2 N–H and O–H groups in total. The van der Waals surface area contributed by atoms with Crippen molar-refractivity contribution >= 4 is 15.7 Å². The van der Waals surface area contributed by atoms with E-state index in [1.807, 2.05) is 31.2 Å². The van der Waals surface area contributed by atoms with Crippen molar-refractivity contribution in [3.8, 4) is 0 Å². The van der Waals surface area contributed by atoms with Crippen LogP contribution < -0.4 is 10.0 Å². The van der Waals surface area contributed by atoms with Gasteiger partial charge in [-0.05, 0) is 37.0 Å². The molecule has 1 saturated heterocycles. The Morgan fingerprint density at radius 1 is 1.24 bits per heavy atom. The lowest BCUT2D eigenvalue weighted by molar-refractivity contribution is 0.0983. The molecule has 21 heavy (non-hydrogen) atoms. The van der Waals surface area contributed by atoms with Gasteiger partial charge in [0.15, 0.2) is 0 Å². The molecule has 1 fully saturated rings. The number of benzene rings is 1. The minimum Gasteiger partial charge on any atom is -0.381 e. The Morgan fingerprint density at radius 3 is 2.38 bits per heavy atom. The highest BCUT2D eigenvalue weighted by Crippen LogP contribution is 2.26. The average Bonchev–Trinajstić information content (AvgIpc) is 2.53. The Hall–Kier alpha value is -1.11. The molecule has 0 saturated carbocycles. The molecule has 1 aromatic carbocycles. The van der Waals surface area contributed by atoms with Crippen molar-refractivity contribution in [2.45, 2.75) is 38.0 Å². The Labute approximate surface area is 127 Å². The fraction of sp³-hybridized carbons (Fsp3) is 0.600. The molecule has 0 unspecified atom stereocenters. The van der Waals surface area contributed by atoms with E-state index in [4.69, 9.17) is 10.5 Å². The number of hydrogen-bond acceptors (Lipinski definition) is 4. The molecule has 0 spiro atoms. The van der Waals surface area contributed by atoms with Crippen LogP contribution in [0.1, 0.15) is 31.7 Å². The maximum Gasteiger partial charge on any atom is 0.238 e. The molecule has 1 aliphatic rings. The first-order chi connectivity index (χ1) is 10.1. The van der Waals surface area contributed by atoms with Crippen molar-refractivity contribution < 1.29 is 13.2 Å². The van der Waals surface area contributed by atoms with Crippen LogP contribution in [0.4, 0.5) is 5.69 Å². The zero-order valence-electron chi connectivity index (χ0n) is 12.5. The van der Waals surface area contributed by atoms with Gasteiger partial charge in [-0.3, -0.25) is 4.31 Å². The predicted molar refractivity (Wildman–Crippen MR) is 84.7 cm³/mol. The van der Waals surface area contributed by atoms with E-state index in [9.17, 15) is 8.42 Å². The van der Waals surface area contributed by atoms with E-state index in [1.54, 1.807) is 4.31 Å². The first kappa shape index (κ1) is 16.3. The number of anilines is 1. The molecule has 0 aliphatic carbocycles. The minimum atomic E-state index is -3.34. The highest BCUT2D eigenvalue weighted by atomic mass is 32.2. The summed E-state index contributed by atoms with van der Waals surface area (Å²) in [5, 5.41) is -0.341. The standard InChI is InChI=1S/C15H24N2O3S/c1-2-9-17(14-5-3-13(12-16)4-6-14)21(18,19)15-7-10-20-11-8-15/h3-6,15H,2,7-12,16H2,1H3. The van der Waals surface area contributed by atoms with Gasteiger partial charge in [0.05, 0.1) is 10.9 Å². The molecule has 0 aromatic heterocycles. The molecule has 0 atom stereocenters. The lowest BCUT2D eigenvalue weighted by Crippen LogP contribution is -2.42. The minimum absolute atomic E-state index is 0.341. The molecule has 1 aliphatic heterocycles. The van der Waals surface area contributed by atoms with Gasteiger partial charge in [-0.25, -0.2) is 8.42 Å². The largest absolute Gasteiger partial charge is 0.381 e. The normalized spacial score (nSPS) is 16.9. The topological polar surface area (TPSA) is 72.6 Å². The van der Waals surface area contributed by atoms with Crippen molar-refractivity contribution in [3.05, 3.63) is 29.8 Å². The Morgan fingerprint density at radius 2 is 1.86 bits per heavy atom. The molecule has 1 heterocycles. The van der Waals surface area contributed by atoms with E-state index in [-0.39, 0.29) is 5.25 Å². The highest BCUT2D eigenvalue weighted by molar-refractivity contribution is 7.93. The van der Waals surface area contributed by atoms with E-state index in [0.717, 1.165) is 17.7 Å². The van der Waals surface area contributed by atoms with Gasteiger partial charge in [-0.1, -0.05) is 19.1 Å². The number of ether oxygens (including phenoxy) is 1. The predicted octanol–water partition coefficient (Wildman–Crippen LogP) is 1.87. The van der Waals surface area contributed by atoms with Crippen LogP contribution in [0.25, 0.3) is 0 Å². The second-order valence-electron chi connectivity index (χ2n) is 5.30. The van der Waals surface area contributed by atoms with E-state index in [2.05, 4.69) is 0 Å². The second-order valence-corrected chi connectivity index (χ2v) is 7.44. The highest BCUT2D eigenvalue weighted by Gasteiger charge is 2.33. The van der Waals surface area contributed by atoms with Gasteiger partial charge in [-0.15, -0.1) is 0 Å². The van der Waals surface area contributed by atoms with Crippen LogP contribution in [0.15, 0.2) is 24.3 Å². The molecule has 0 bridgehead atoms. The summed E-state index contributed by atoms with van der Waals surface area (Å²) >= 11 is 0. The SMILES string of the molecule is CCCN(c1ccc(CN)cc1)S(=O)(=O)C1CCOCC1. The number of rotatable bonds is 6. The van der Waals surface area contributed by atoms with E-state index >= 15 is 0 Å². The number of nitrogens with zero attached hydrogens (tertiary/aromatic N) is 1. The summed E-state index contributed by atoms with van der Waals surface area (Å²) in [6.45, 7) is 4.00. The zero-order chi connectivity index (χ0) is 15.3. The maximum absolute atomic E-state index is 12.9. The molecule has 118 valence electrons. The molecule has 1 aromatic rings. The maximum atomic E-state index is 12.9. The summed E-state index contributed by atoms with van der Waals surface area (Å²) in [5.74, 6) is 0. The summed E-state index contributed by atoms with van der Waals surface area (Å²) in [4.78, 5) is 0. The molecule has 0 amide bonds. The van der Waals surface area contributed by atoms with Crippen LogP contribution in [-0.2, 0) is 21.3 Å². The van der Waals surface area contributed by atoms with E-state index < -0.39 is 10.0 Å². The van der Waals surface area contributed by atoms with Crippen molar-refractivity contribution in [1.29, 1.82) is 0 Å². The molecule has 5 nitrogen and oxygen atoms in total. The fourth-order valence-corrected chi connectivity index (χ4v) is 4.56. The van der Waals surface area contributed by atoms with Gasteiger partial charge in [0.2, 0.25) is 10.0 Å². The monoisotopic (exact) mass is 312 g/mol. The first-order valence-corrected chi connectivity index (χ1v) is 8.98. The average molecular weight is 312 g/mol.